The van der Waals surface area contributed by atoms with Gasteiger partial charge in [0.05, 0.1) is 27.6 Å². The normalized spacial score (nSPS) is 46.7. The molecule has 14 heavy (non-hydrogen) atoms. The second kappa shape index (κ2) is 3.37. The molecular formula is C12H14O2. The van der Waals surface area contributed by atoms with Gasteiger partial charge in [0.25, 0.3) is 0 Å². The molecule has 1 heterocycles. The minimum atomic E-state index is -0.992. The highest BCUT2D eigenvalue weighted by Crippen LogP contribution is 2.39. The summed E-state index contributed by atoms with van der Waals surface area (Å²) >= 11 is 0. The Morgan fingerprint density at radius 1 is 1.29 bits per heavy atom. The smallest absolute Gasteiger partial charge is 0.0867 e. The second-order valence-electron chi connectivity index (χ2n) is 3.78. The summed E-state index contributed by atoms with van der Waals surface area (Å²) in [5.74, 6) is 0. The van der Waals surface area contributed by atoms with E-state index in [1.165, 1.54) is 0 Å². The number of benzene rings is 1. The molecule has 0 spiro atoms. The van der Waals surface area contributed by atoms with Gasteiger partial charge in [0.1, 0.15) is 0 Å². The van der Waals surface area contributed by atoms with E-state index in [9.17, 15) is 0 Å². The molecule has 0 N–H and O–H groups in total. The average molecular weight is 192 g/mol. The van der Waals surface area contributed by atoms with Crippen molar-refractivity contribution >= 4 is 0 Å². The molecule has 1 aromatic carbocycles. The van der Waals surface area contributed by atoms with Crippen molar-refractivity contribution in [3.8, 4) is 0 Å². The van der Waals surface area contributed by atoms with E-state index in [4.69, 9.17) is 12.2 Å². The molecule has 74 valence electrons. The van der Waals surface area contributed by atoms with E-state index in [1.54, 1.807) is 0 Å². The van der Waals surface area contributed by atoms with Crippen LogP contribution in [0.25, 0.3) is 0 Å². The van der Waals surface area contributed by atoms with Gasteiger partial charge >= 0.3 is 0 Å². The molecule has 3 atom stereocenters. The summed E-state index contributed by atoms with van der Waals surface area (Å²) in [6.45, 7) is 0.553. The molecule has 0 aromatic heterocycles. The van der Waals surface area contributed by atoms with Crippen molar-refractivity contribution in [2.24, 2.45) is 0 Å². The fraction of sp³-hybridized carbons (Fsp3) is 0.500. The molecule has 3 rings (SSSR count). The third-order valence-corrected chi connectivity index (χ3v) is 2.67. The number of hydrogen-bond acceptors (Lipinski definition) is 2. The van der Waals surface area contributed by atoms with Crippen LogP contribution in [0.1, 0.15) is 21.1 Å². The van der Waals surface area contributed by atoms with E-state index in [-0.39, 0.29) is 6.10 Å². The van der Waals surface area contributed by atoms with E-state index in [2.05, 4.69) is 0 Å². The molecule has 1 aliphatic heterocycles. The summed E-state index contributed by atoms with van der Waals surface area (Å²) in [5, 5.41) is 0. The maximum absolute atomic E-state index is 7.78. The van der Waals surface area contributed by atoms with E-state index in [0.717, 1.165) is 5.56 Å². The van der Waals surface area contributed by atoms with E-state index in [1.807, 2.05) is 30.3 Å². The standard InChI is InChI=1S/C12H14O2/c1-2-4-9(5-3-1)8-13-10-6-11-12(7-10)14-11/h1-5,10-12H,6-8H2/t10?,11-,12+/i11D,12D. The molecule has 2 aliphatic rings. The lowest BCUT2D eigenvalue weighted by molar-refractivity contribution is 0.0221. The number of fused-ring (bicyclic) bond motifs is 1. The van der Waals surface area contributed by atoms with Crippen LogP contribution >= 0.6 is 0 Å². The van der Waals surface area contributed by atoms with Crippen molar-refractivity contribution in [3.63, 3.8) is 0 Å². The Morgan fingerprint density at radius 3 is 2.71 bits per heavy atom. The van der Waals surface area contributed by atoms with Crippen LogP contribution in [-0.4, -0.2) is 18.3 Å². The van der Waals surface area contributed by atoms with Gasteiger partial charge in [0.15, 0.2) is 0 Å². The van der Waals surface area contributed by atoms with Crippen LogP contribution in [0, 0.1) is 0 Å². The quantitative estimate of drug-likeness (QED) is 0.684. The van der Waals surface area contributed by atoms with Crippen molar-refractivity contribution < 1.29 is 12.2 Å². The zero-order valence-corrected chi connectivity index (χ0v) is 7.90. The van der Waals surface area contributed by atoms with Crippen LogP contribution < -0.4 is 0 Å². The zero-order valence-electron chi connectivity index (χ0n) is 9.90. The Labute approximate surface area is 86.6 Å². The van der Waals surface area contributed by atoms with E-state index < -0.39 is 12.2 Å². The van der Waals surface area contributed by atoms with E-state index >= 15 is 0 Å². The number of rotatable bonds is 3. The molecule has 2 nitrogen and oxygen atoms in total. The van der Waals surface area contributed by atoms with Gasteiger partial charge in [-0.05, 0) is 5.56 Å². The van der Waals surface area contributed by atoms with Gasteiger partial charge in [-0.25, -0.2) is 0 Å². The van der Waals surface area contributed by atoms with Gasteiger partial charge in [0, 0.05) is 12.8 Å². The molecule has 1 saturated carbocycles. The Kier molecular flexibility index (Phi) is 1.59. The van der Waals surface area contributed by atoms with Crippen molar-refractivity contribution in [3.05, 3.63) is 35.9 Å². The first-order chi connectivity index (χ1) is 7.61. The first-order valence-electron chi connectivity index (χ1n) is 5.97. The van der Waals surface area contributed by atoms with Gasteiger partial charge in [-0.15, -0.1) is 0 Å². The van der Waals surface area contributed by atoms with Gasteiger partial charge in [-0.2, -0.15) is 0 Å². The predicted molar refractivity (Wildman–Crippen MR) is 52.9 cm³/mol. The monoisotopic (exact) mass is 192 g/mol. The molecule has 2 heteroatoms. The van der Waals surface area contributed by atoms with Gasteiger partial charge in [0.2, 0.25) is 0 Å². The summed E-state index contributed by atoms with van der Waals surface area (Å²) in [4.78, 5) is 0. The molecule has 1 aromatic rings. The molecule has 1 unspecified atom stereocenters. The minimum Gasteiger partial charge on any atom is -0.373 e. The SMILES string of the molecule is [2H][C@@]12CC(OCc3ccccc3)C[C@]1([2H])O2. The van der Waals surface area contributed by atoms with Crippen molar-refractivity contribution in [1.82, 2.24) is 0 Å². The van der Waals surface area contributed by atoms with Crippen LogP contribution in [0.2, 0.25) is 0 Å². The second-order valence-corrected chi connectivity index (χ2v) is 3.78. The lowest BCUT2D eigenvalue weighted by atomic mass is 10.2. The van der Waals surface area contributed by atoms with Crippen molar-refractivity contribution in [2.45, 2.75) is 37.7 Å². The Hall–Kier alpha value is -0.860. The average Bonchev–Trinajstić information content (AvgIpc) is 2.68. The molecule has 0 radical (unpaired) electrons. The number of epoxide rings is 1. The maximum atomic E-state index is 7.78. The Bertz CT molecular complexity index is 381. The third-order valence-electron chi connectivity index (χ3n) is 2.67. The van der Waals surface area contributed by atoms with E-state index in [0.29, 0.717) is 19.4 Å². The fourth-order valence-electron chi connectivity index (χ4n) is 1.83. The first kappa shape index (κ1) is 6.59. The highest BCUT2D eigenvalue weighted by atomic mass is 16.6. The summed E-state index contributed by atoms with van der Waals surface area (Å²) < 4.78 is 26.3. The molecule has 0 bridgehead atoms. The molecule has 1 aliphatic carbocycles. The largest absolute Gasteiger partial charge is 0.373 e. The van der Waals surface area contributed by atoms with Gasteiger partial charge < -0.3 is 9.47 Å². The summed E-state index contributed by atoms with van der Waals surface area (Å²) in [7, 11) is 0. The molecule has 0 amide bonds. The summed E-state index contributed by atoms with van der Waals surface area (Å²) in [5.41, 5.74) is 1.13. The topological polar surface area (TPSA) is 21.8 Å². The van der Waals surface area contributed by atoms with Crippen LogP contribution in [0.15, 0.2) is 30.3 Å². The highest BCUT2D eigenvalue weighted by molar-refractivity contribution is 5.13. The van der Waals surface area contributed by atoms with Crippen LogP contribution in [0.4, 0.5) is 0 Å². The van der Waals surface area contributed by atoms with Crippen molar-refractivity contribution in [2.75, 3.05) is 0 Å². The van der Waals surface area contributed by atoms with Gasteiger partial charge in [-0.1, -0.05) is 30.3 Å². The number of ether oxygens (including phenoxy) is 2. The third kappa shape index (κ3) is 1.68. The summed E-state index contributed by atoms with van der Waals surface area (Å²) in [6, 6.07) is 9.95. The predicted octanol–water partition coefficient (Wildman–Crippen LogP) is 2.13. The fourth-order valence-corrected chi connectivity index (χ4v) is 1.83. The number of hydrogen-bond donors (Lipinski definition) is 0. The Morgan fingerprint density at radius 2 is 2.00 bits per heavy atom. The van der Waals surface area contributed by atoms with Crippen LogP contribution in [-0.2, 0) is 16.1 Å². The summed E-state index contributed by atoms with van der Waals surface area (Å²) in [6.07, 6.45) is -0.959. The molecule has 1 saturated heterocycles. The first-order valence-corrected chi connectivity index (χ1v) is 4.97. The maximum Gasteiger partial charge on any atom is 0.0867 e. The van der Waals surface area contributed by atoms with Gasteiger partial charge in [-0.3, -0.25) is 0 Å². The minimum absolute atomic E-state index is 0.0102. The highest BCUT2D eigenvalue weighted by Gasteiger charge is 2.48. The Balaban J connectivity index is 1.55. The van der Waals surface area contributed by atoms with Crippen LogP contribution in [0.5, 0.6) is 0 Å². The van der Waals surface area contributed by atoms with Crippen LogP contribution in [0.3, 0.4) is 0 Å². The lowest BCUT2D eigenvalue weighted by Crippen LogP contribution is -2.11. The molecular weight excluding hydrogens is 176 g/mol. The van der Waals surface area contributed by atoms with Crippen molar-refractivity contribution in [1.29, 1.82) is 0 Å². The molecule has 2 fully saturated rings. The lowest BCUT2D eigenvalue weighted by Gasteiger charge is -2.12. The zero-order chi connectivity index (χ0) is 11.2.